The van der Waals surface area contributed by atoms with Gasteiger partial charge in [0.2, 0.25) is 0 Å². The zero-order chi connectivity index (χ0) is 19.2. The number of nitrogens with zero attached hydrogens (tertiary/aromatic N) is 6. The highest BCUT2D eigenvalue weighted by atomic mass is 16.5. The zero-order valence-electron chi connectivity index (χ0n) is 16.0. The van der Waals surface area contributed by atoms with E-state index in [2.05, 4.69) is 25.4 Å². The molecule has 0 spiro atoms. The van der Waals surface area contributed by atoms with Gasteiger partial charge in [-0.3, -0.25) is 9.88 Å². The van der Waals surface area contributed by atoms with Crippen molar-refractivity contribution in [3.05, 3.63) is 42.7 Å². The molecule has 0 radical (unpaired) electrons. The van der Waals surface area contributed by atoms with E-state index in [-0.39, 0.29) is 12.1 Å². The van der Waals surface area contributed by atoms with Crippen LogP contribution in [0.25, 0.3) is 0 Å². The number of hydrogen-bond donors (Lipinski definition) is 1. The Kier molecular flexibility index (Phi) is 6.13. The summed E-state index contributed by atoms with van der Waals surface area (Å²) in [4.78, 5) is 21.5. The van der Waals surface area contributed by atoms with Gasteiger partial charge in [-0.05, 0) is 25.0 Å². The lowest BCUT2D eigenvalue weighted by Gasteiger charge is -2.36. The summed E-state index contributed by atoms with van der Waals surface area (Å²) < 4.78 is 7.51. The molecule has 150 valence electrons. The molecule has 9 nitrogen and oxygen atoms in total. The molecule has 2 aromatic rings. The van der Waals surface area contributed by atoms with Gasteiger partial charge < -0.3 is 19.5 Å². The maximum Gasteiger partial charge on any atom is 0.317 e. The van der Waals surface area contributed by atoms with E-state index in [0.717, 1.165) is 44.7 Å². The molecule has 2 saturated heterocycles. The second-order valence-electron chi connectivity index (χ2n) is 7.23. The number of piperidine rings is 1. The van der Waals surface area contributed by atoms with Gasteiger partial charge in [-0.2, -0.15) is 0 Å². The van der Waals surface area contributed by atoms with E-state index in [9.17, 15) is 4.79 Å². The first-order valence-corrected chi connectivity index (χ1v) is 9.91. The van der Waals surface area contributed by atoms with Crippen LogP contribution < -0.4 is 5.32 Å². The second-order valence-corrected chi connectivity index (χ2v) is 7.23. The van der Waals surface area contributed by atoms with Gasteiger partial charge in [0.1, 0.15) is 12.7 Å². The molecule has 2 fully saturated rings. The van der Waals surface area contributed by atoms with Crippen LogP contribution in [0.1, 0.15) is 30.6 Å². The highest BCUT2D eigenvalue weighted by molar-refractivity contribution is 5.74. The van der Waals surface area contributed by atoms with Crippen LogP contribution in [0.5, 0.6) is 0 Å². The van der Waals surface area contributed by atoms with Gasteiger partial charge in [-0.1, -0.05) is 6.07 Å². The number of amides is 2. The third-order valence-corrected chi connectivity index (χ3v) is 5.57. The maximum atomic E-state index is 12.7. The highest BCUT2D eigenvalue weighted by Crippen LogP contribution is 2.22. The molecule has 0 aromatic carbocycles. The molecule has 2 aliphatic heterocycles. The first-order chi connectivity index (χ1) is 13.8. The average molecular weight is 385 g/mol. The van der Waals surface area contributed by atoms with Crippen molar-refractivity contribution < 1.29 is 9.53 Å². The number of rotatable bonds is 5. The quantitative estimate of drug-likeness (QED) is 0.829. The number of morpholine rings is 1. The molecule has 28 heavy (non-hydrogen) atoms. The largest absolute Gasteiger partial charge is 0.379 e. The summed E-state index contributed by atoms with van der Waals surface area (Å²) in [5, 5.41) is 10.9. The van der Waals surface area contributed by atoms with Crippen molar-refractivity contribution in [3.8, 4) is 0 Å². The lowest BCUT2D eigenvalue weighted by atomic mass is 10.1. The van der Waals surface area contributed by atoms with Gasteiger partial charge in [-0.15, -0.1) is 10.2 Å². The highest BCUT2D eigenvalue weighted by Gasteiger charge is 2.27. The predicted octanol–water partition coefficient (Wildman–Crippen LogP) is 1.09. The number of pyridine rings is 1. The minimum Gasteiger partial charge on any atom is -0.379 e. The van der Waals surface area contributed by atoms with Gasteiger partial charge in [0.05, 0.1) is 24.9 Å². The molecule has 9 heteroatoms. The van der Waals surface area contributed by atoms with Crippen molar-refractivity contribution in [2.24, 2.45) is 0 Å². The predicted molar refractivity (Wildman–Crippen MR) is 103 cm³/mol. The number of nitrogens with one attached hydrogen (secondary N) is 1. The Bertz CT molecular complexity index is 726. The van der Waals surface area contributed by atoms with E-state index >= 15 is 0 Å². The molecular formula is C19H27N7O2. The molecule has 0 saturated carbocycles. The van der Waals surface area contributed by atoms with Crippen LogP contribution in [0.3, 0.4) is 0 Å². The standard InChI is InChI=1S/C19H27N7O2/c27-19(25-7-4-16(5-8-25)26-14-22-23-15-26)21-13-18(17-3-1-2-6-20-17)24-9-11-28-12-10-24/h1-3,6,14-16,18H,4-5,7-13H2,(H,21,27). The topological polar surface area (TPSA) is 88.4 Å². The van der Waals surface area contributed by atoms with E-state index in [1.807, 2.05) is 27.7 Å². The lowest BCUT2D eigenvalue weighted by molar-refractivity contribution is 0.0155. The normalized spacial score (nSPS) is 20.1. The molecular weight excluding hydrogens is 358 g/mol. The number of aromatic nitrogens is 4. The SMILES string of the molecule is O=C(NCC(c1ccccn1)N1CCOCC1)N1CCC(n2cnnc2)CC1. The smallest absolute Gasteiger partial charge is 0.317 e. The van der Waals surface area contributed by atoms with Crippen LogP contribution in [0.2, 0.25) is 0 Å². The summed E-state index contributed by atoms with van der Waals surface area (Å²) in [6.45, 7) is 5.15. The Balaban J connectivity index is 1.32. The van der Waals surface area contributed by atoms with E-state index in [0.29, 0.717) is 25.8 Å². The van der Waals surface area contributed by atoms with E-state index in [1.165, 1.54) is 0 Å². The number of hydrogen-bond acceptors (Lipinski definition) is 6. The molecule has 0 bridgehead atoms. The van der Waals surface area contributed by atoms with Gasteiger partial charge in [0.15, 0.2) is 0 Å². The number of likely N-dealkylation sites (tertiary alicyclic amines) is 1. The minimum absolute atomic E-state index is 0.00334. The first-order valence-electron chi connectivity index (χ1n) is 9.91. The molecule has 1 N–H and O–H groups in total. The Morgan fingerprint density at radius 1 is 1.14 bits per heavy atom. The second kappa shape index (κ2) is 9.11. The summed E-state index contributed by atoms with van der Waals surface area (Å²) in [5.41, 5.74) is 0.982. The van der Waals surface area contributed by atoms with Crippen LogP contribution in [-0.2, 0) is 4.74 Å². The van der Waals surface area contributed by atoms with E-state index in [4.69, 9.17) is 4.74 Å². The molecule has 2 aromatic heterocycles. The molecule has 4 rings (SSSR count). The minimum atomic E-state index is -0.00334. The summed E-state index contributed by atoms with van der Waals surface area (Å²) in [6.07, 6.45) is 7.14. The summed E-state index contributed by atoms with van der Waals surface area (Å²) >= 11 is 0. The fraction of sp³-hybridized carbons (Fsp3) is 0.579. The monoisotopic (exact) mass is 385 g/mol. The van der Waals surface area contributed by atoms with Gasteiger partial charge in [-0.25, -0.2) is 4.79 Å². The third kappa shape index (κ3) is 4.48. The Labute approximate surface area is 164 Å². The molecule has 0 aliphatic carbocycles. The summed E-state index contributed by atoms with van der Waals surface area (Å²) in [6, 6.07) is 6.36. The third-order valence-electron chi connectivity index (χ3n) is 5.57. The molecule has 2 amide bonds. The summed E-state index contributed by atoms with van der Waals surface area (Å²) in [5.74, 6) is 0. The summed E-state index contributed by atoms with van der Waals surface area (Å²) in [7, 11) is 0. The number of carbonyl (C=O) groups excluding carboxylic acids is 1. The molecule has 4 heterocycles. The van der Waals surface area contributed by atoms with Crippen molar-refractivity contribution in [1.29, 1.82) is 0 Å². The fourth-order valence-corrected chi connectivity index (χ4v) is 3.94. The van der Waals surface area contributed by atoms with Crippen molar-refractivity contribution in [2.45, 2.75) is 24.9 Å². The van der Waals surface area contributed by atoms with Crippen molar-refractivity contribution in [1.82, 2.24) is 34.9 Å². The van der Waals surface area contributed by atoms with E-state index in [1.54, 1.807) is 18.9 Å². The van der Waals surface area contributed by atoms with Crippen LogP contribution >= 0.6 is 0 Å². The fourth-order valence-electron chi connectivity index (χ4n) is 3.94. The maximum absolute atomic E-state index is 12.7. The van der Waals surface area contributed by atoms with Crippen LogP contribution in [-0.4, -0.2) is 81.5 Å². The number of urea groups is 1. The lowest BCUT2D eigenvalue weighted by Crippen LogP contribution is -2.48. The average Bonchev–Trinajstić information content (AvgIpc) is 3.30. The van der Waals surface area contributed by atoms with Crippen molar-refractivity contribution >= 4 is 6.03 Å². The Hall–Kier alpha value is -2.52. The van der Waals surface area contributed by atoms with Crippen LogP contribution in [0, 0.1) is 0 Å². The molecule has 2 aliphatic rings. The Morgan fingerprint density at radius 2 is 1.89 bits per heavy atom. The molecule has 1 unspecified atom stereocenters. The van der Waals surface area contributed by atoms with Crippen LogP contribution in [0.15, 0.2) is 37.1 Å². The van der Waals surface area contributed by atoms with Crippen molar-refractivity contribution in [2.75, 3.05) is 45.9 Å². The van der Waals surface area contributed by atoms with Crippen LogP contribution in [0.4, 0.5) is 4.79 Å². The molecule has 1 atom stereocenters. The first kappa shape index (κ1) is 18.8. The Morgan fingerprint density at radius 3 is 2.57 bits per heavy atom. The number of ether oxygens (including phenoxy) is 1. The van der Waals surface area contributed by atoms with Crippen molar-refractivity contribution in [3.63, 3.8) is 0 Å². The van der Waals surface area contributed by atoms with Gasteiger partial charge in [0, 0.05) is 45.0 Å². The van der Waals surface area contributed by atoms with E-state index < -0.39 is 0 Å². The number of carbonyl (C=O) groups is 1. The van der Waals surface area contributed by atoms with Gasteiger partial charge >= 0.3 is 6.03 Å². The zero-order valence-corrected chi connectivity index (χ0v) is 16.0. The van der Waals surface area contributed by atoms with Gasteiger partial charge in [0.25, 0.3) is 0 Å².